The summed E-state index contributed by atoms with van der Waals surface area (Å²) in [5, 5.41) is 0. The first kappa shape index (κ1) is 7.91. The van der Waals surface area contributed by atoms with Gasteiger partial charge in [-0.1, -0.05) is 31.9 Å². The highest BCUT2D eigenvalue weighted by atomic mass is 79.9. The van der Waals surface area contributed by atoms with E-state index in [0.717, 1.165) is 6.26 Å². The quantitative estimate of drug-likeness (QED) is 0.655. The molecule has 0 aromatic heterocycles. The van der Waals surface area contributed by atoms with Crippen LogP contribution in [0, 0.1) is 0 Å². The van der Waals surface area contributed by atoms with Gasteiger partial charge in [0.25, 0.3) is 0 Å². The molecule has 0 radical (unpaired) electrons. The molecule has 0 saturated heterocycles. The minimum Gasteiger partial charge on any atom is -0.227 e. The smallest absolute Gasteiger partial charge is 0.170 e. The van der Waals surface area contributed by atoms with Crippen LogP contribution < -0.4 is 0 Å². The second kappa shape index (κ2) is 2.46. The molecule has 0 saturated carbocycles. The molecule has 44 valence electrons. The van der Waals surface area contributed by atoms with Crippen LogP contribution in [0.15, 0.2) is 0 Å². The van der Waals surface area contributed by atoms with Crippen molar-refractivity contribution in [1.29, 1.82) is 0 Å². The lowest BCUT2D eigenvalue weighted by Crippen LogP contribution is -2.03. The highest BCUT2D eigenvalue weighted by Crippen LogP contribution is 2.13. The molecule has 0 amide bonds. The highest BCUT2D eigenvalue weighted by Gasteiger charge is 2.10. The van der Waals surface area contributed by atoms with Crippen LogP contribution in [0.2, 0.25) is 0 Å². The lowest BCUT2D eigenvalue weighted by Gasteiger charge is -1.92. The maximum Gasteiger partial charge on any atom is 0.170 e. The Labute approximate surface area is 59.5 Å². The molecule has 5 heteroatoms. The number of hydrogen-bond acceptors (Lipinski definition) is 2. The molecule has 0 rings (SSSR count). The second-order valence-electron chi connectivity index (χ2n) is 1.09. The maximum atomic E-state index is 10.2. The Morgan fingerprint density at radius 2 is 1.57 bits per heavy atom. The third-order valence-electron chi connectivity index (χ3n) is 0.324. The van der Waals surface area contributed by atoms with Crippen LogP contribution in [-0.4, -0.2) is 17.7 Å². The number of halogens is 2. The van der Waals surface area contributed by atoms with Crippen LogP contribution in [0.5, 0.6) is 0 Å². The van der Waals surface area contributed by atoms with Crippen LogP contribution in [0.4, 0.5) is 0 Å². The SMILES string of the molecule is CS(=O)(=O)C(Br)Br. The minimum atomic E-state index is -2.91. The molecule has 0 fully saturated rings. The molecule has 0 aromatic rings. The van der Waals surface area contributed by atoms with Crippen molar-refractivity contribution < 1.29 is 8.42 Å². The molecule has 0 aliphatic rings. The van der Waals surface area contributed by atoms with E-state index < -0.39 is 12.9 Å². The van der Waals surface area contributed by atoms with Gasteiger partial charge < -0.3 is 0 Å². The summed E-state index contributed by atoms with van der Waals surface area (Å²) >= 11 is 5.65. The van der Waals surface area contributed by atoms with Crippen molar-refractivity contribution in [2.45, 2.75) is 3.07 Å². The lowest BCUT2D eigenvalue weighted by molar-refractivity contribution is 0.605. The van der Waals surface area contributed by atoms with Gasteiger partial charge in [0.05, 0.1) is 0 Å². The Balaban J connectivity index is 4.10. The molecule has 0 bridgehead atoms. The van der Waals surface area contributed by atoms with Gasteiger partial charge in [-0.25, -0.2) is 8.42 Å². The van der Waals surface area contributed by atoms with Crippen LogP contribution in [0.25, 0.3) is 0 Å². The van der Waals surface area contributed by atoms with Gasteiger partial charge in [0.15, 0.2) is 12.9 Å². The summed E-state index contributed by atoms with van der Waals surface area (Å²) in [6, 6.07) is 0. The van der Waals surface area contributed by atoms with Crippen LogP contribution in [-0.2, 0) is 9.84 Å². The molecule has 0 unspecified atom stereocenters. The summed E-state index contributed by atoms with van der Waals surface area (Å²) in [4.78, 5) is 0. The first-order valence-electron chi connectivity index (χ1n) is 1.41. The summed E-state index contributed by atoms with van der Waals surface area (Å²) in [6.45, 7) is 0. The maximum absolute atomic E-state index is 10.2. The van der Waals surface area contributed by atoms with Crippen molar-refractivity contribution in [2.24, 2.45) is 0 Å². The zero-order chi connectivity index (χ0) is 6.08. The number of hydrogen-bond donors (Lipinski definition) is 0. The number of alkyl halides is 2. The predicted molar refractivity (Wildman–Crippen MR) is 36.5 cm³/mol. The normalized spacial score (nSPS) is 12.6. The first-order chi connectivity index (χ1) is 2.94. The predicted octanol–water partition coefficient (Wildman–Crippen LogP) is 1.10. The van der Waals surface area contributed by atoms with Gasteiger partial charge in [-0.3, -0.25) is 0 Å². The van der Waals surface area contributed by atoms with E-state index in [0.29, 0.717) is 0 Å². The van der Waals surface area contributed by atoms with Crippen molar-refractivity contribution in [3.05, 3.63) is 0 Å². The van der Waals surface area contributed by atoms with Gasteiger partial charge in [0.1, 0.15) is 0 Å². The van der Waals surface area contributed by atoms with Crippen LogP contribution >= 0.6 is 31.9 Å². The van der Waals surface area contributed by atoms with Crippen molar-refractivity contribution in [3.63, 3.8) is 0 Å². The molecule has 0 atom stereocenters. The average molecular weight is 252 g/mol. The largest absolute Gasteiger partial charge is 0.227 e. The van der Waals surface area contributed by atoms with Crippen molar-refractivity contribution >= 4 is 41.7 Å². The van der Waals surface area contributed by atoms with Gasteiger partial charge in [0, 0.05) is 6.26 Å². The average Bonchev–Trinajstić information content (AvgIpc) is 1.31. The zero-order valence-electron chi connectivity index (χ0n) is 3.56. The molecule has 0 spiro atoms. The summed E-state index contributed by atoms with van der Waals surface area (Å²) in [5.41, 5.74) is 0. The number of sulfone groups is 1. The molecule has 0 aliphatic carbocycles. The first-order valence-corrected chi connectivity index (χ1v) is 5.20. The lowest BCUT2D eigenvalue weighted by atomic mass is 11.9. The van der Waals surface area contributed by atoms with Crippen molar-refractivity contribution in [2.75, 3.05) is 6.26 Å². The van der Waals surface area contributed by atoms with E-state index in [1.54, 1.807) is 0 Å². The molecular weight excluding hydrogens is 248 g/mol. The van der Waals surface area contributed by atoms with Gasteiger partial charge in [-0.15, -0.1) is 0 Å². The molecule has 0 N–H and O–H groups in total. The van der Waals surface area contributed by atoms with E-state index in [4.69, 9.17) is 0 Å². The monoisotopic (exact) mass is 250 g/mol. The Morgan fingerprint density at radius 3 is 1.57 bits per heavy atom. The fraction of sp³-hybridized carbons (Fsp3) is 1.00. The van der Waals surface area contributed by atoms with E-state index in [1.165, 1.54) is 0 Å². The van der Waals surface area contributed by atoms with Gasteiger partial charge >= 0.3 is 0 Å². The highest BCUT2D eigenvalue weighted by molar-refractivity contribution is 9.27. The Kier molecular flexibility index (Phi) is 2.78. The third-order valence-corrected chi connectivity index (χ3v) is 5.05. The zero-order valence-corrected chi connectivity index (χ0v) is 7.55. The number of rotatable bonds is 1. The van der Waals surface area contributed by atoms with E-state index in [1.807, 2.05) is 0 Å². The molecule has 2 nitrogen and oxygen atoms in total. The minimum absolute atomic E-state index is 0.604. The summed E-state index contributed by atoms with van der Waals surface area (Å²) < 4.78 is 19.9. The molecule has 7 heavy (non-hydrogen) atoms. The Morgan fingerprint density at radius 1 is 1.43 bits per heavy atom. The summed E-state index contributed by atoms with van der Waals surface area (Å²) in [7, 11) is -2.91. The van der Waals surface area contributed by atoms with Crippen LogP contribution in [0.1, 0.15) is 0 Å². The third kappa shape index (κ3) is 3.49. The van der Waals surface area contributed by atoms with E-state index >= 15 is 0 Å². The van der Waals surface area contributed by atoms with Gasteiger partial charge in [-0.2, -0.15) is 0 Å². The summed E-state index contributed by atoms with van der Waals surface area (Å²) in [6.07, 6.45) is 1.14. The molecular formula is C2H4Br2O2S. The fourth-order valence-corrected chi connectivity index (χ4v) is 0. The topological polar surface area (TPSA) is 34.1 Å². The molecule has 0 aromatic carbocycles. The van der Waals surface area contributed by atoms with E-state index in [-0.39, 0.29) is 0 Å². The van der Waals surface area contributed by atoms with Crippen LogP contribution in [0.3, 0.4) is 0 Å². The second-order valence-corrected chi connectivity index (χ2v) is 7.49. The standard InChI is InChI=1S/C2H4Br2O2S/c1-7(5,6)2(3)4/h2H,1H3. The Hall–Kier alpha value is 0.910. The molecule has 0 heterocycles. The van der Waals surface area contributed by atoms with Crippen molar-refractivity contribution in [1.82, 2.24) is 0 Å². The Bertz CT molecular complexity index is 136. The fourth-order valence-electron chi connectivity index (χ4n) is 0. The summed E-state index contributed by atoms with van der Waals surface area (Å²) in [5.74, 6) is 0. The molecule has 0 aliphatic heterocycles. The van der Waals surface area contributed by atoms with Crippen molar-refractivity contribution in [3.8, 4) is 0 Å². The van der Waals surface area contributed by atoms with Gasteiger partial charge in [-0.05, 0) is 0 Å². The van der Waals surface area contributed by atoms with Gasteiger partial charge in [0.2, 0.25) is 0 Å². The van der Waals surface area contributed by atoms with E-state index in [2.05, 4.69) is 31.9 Å². The van der Waals surface area contributed by atoms with E-state index in [9.17, 15) is 8.42 Å².